The predicted octanol–water partition coefficient (Wildman–Crippen LogP) is 5.43. The van der Waals surface area contributed by atoms with E-state index in [1.54, 1.807) is 53.9 Å². The van der Waals surface area contributed by atoms with E-state index in [2.05, 4.69) is 9.71 Å². The number of nitrogens with one attached hydrogen (secondary N) is 1. The summed E-state index contributed by atoms with van der Waals surface area (Å²) in [7, 11) is -3.91. The van der Waals surface area contributed by atoms with Crippen LogP contribution in [0, 0.1) is 0 Å². The largest absolute Gasteiger partial charge is 0.351 e. The lowest BCUT2D eigenvalue weighted by molar-refractivity contribution is 0.103. The van der Waals surface area contributed by atoms with Gasteiger partial charge in [0.2, 0.25) is 5.78 Å². The van der Waals surface area contributed by atoms with Crippen LogP contribution < -0.4 is 5.32 Å². The number of fused-ring (bicyclic) bond motifs is 1. The van der Waals surface area contributed by atoms with Crippen molar-refractivity contribution in [3.05, 3.63) is 92.9 Å². The predicted molar refractivity (Wildman–Crippen MR) is 117 cm³/mol. The zero-order valence-electron chi connectivity index (χ0n) is 14.6. The fourth-order valence-corrected chi connectivity index (χ4v) is 5.12. The summed E-state index contributed by atoms with van der Waals surface area (Å²) in [6.07, 6.45) is 1.41. The molecule has 3 aromatic rings. The van der Waals surface area contributed by atoms with Gasteiger partial charge in [-0.25, -0.2) is 0 Å². The van der Waals surface area contributed by atoms with Crippen LogP contribution in [0.25, 0.3) is 0 Å². The number of rotatable bonds is 4. The van der Waals surface area contributed by atoms with E-state index in [1.165, 1.54) is 12.1 Å². The monoisotopic (exact) mass is 462 g/mol. The molecule has 0 unspecified atom stereocenters. The molecule has 0 bridgehead atoms. The van der Waals surface area contributed by atoms with Crippen LogP contribution in [0.5, 0.6) is 0 Å². The fourth-order valence-electron chi connectivity index (χ4n) is 2.82. The smallest absolute Gasteiger partial charge is 0.292 e. The van der Waals surface area contributed by atoms with Crippen LogP contribution in [-0.4, -0.2) is 19.9 Å². The van der Waals surface area contributed by atoms with E-state index in [9.17, 15) is 13.2 Å². The van der Waals surface area contributed by atoms with Gasteiger partial charge < -0.3 is 5.32 Å². The molecule has 146 valence electrons. The van der Waals surface area contributed by atoms with Gasteiger partial charge in [-0.05, 0) is 35.7 Å². The van der Waals surface area contributed by atoms with Crippen molar-refractivity contribution in [1.82, 2.24) is 0 Å². The number of anilines is 1. The first-order chi connectivity index (χ1) is 13.8. The Hall–Kier alpha value is -2.45. The molecule has 5 nitrogen and oxygen atoms in total. The number of halogens is 2. The Labute approximate surface area is 181 Å². The van der Waals surface area contributed by atoms with Gasteiger partial charge in [0, 0.05) is 16.1 Å². The van der Waals surface area contributed by atoms with Crippen molar-refractivity contribution in [2.24, 2.45) is 4.40 Å². The Morgan fingerprint density at radius 2 is 1.72 bits per heavy atom. The lowest BCUT2D eigenvalue weighted by atomic mass is 9.92. The van der Waals surface area contributed by atoms with Gasteiger partial charge in [0.25, 0.3) is 10.0 Å². The maximum absolute atomic E-state index is 12.9. The van der Waals surface area contributed by atoms with Gasteiger partial charge in [-0.2, -0.15) is 12.8 Å². The van der Waals surface area contributed by atoms with Crippen molar-refractivity contribution < 1.29 is 13.2 Å². The second kappa shape index (κ2) is 7.76. The molecular weight excluding hydrogens is 451 g/mol. The summed E-state index contributed by atoms with van der Waals surface area (Å²) in [5, 5.41) is 5.42. The zero-order valence-corrected chi connectivity index (χ0v) is 17.7. The van der Waals surface area contributed by atoms with Crippen LogP contribution >= 0.6 is 34.5 Å². The molecule has 1 aromatic heterocycles. The van der Waals surface area contributed by atoms with Crippen LogP contribution in [0.1, 0.15) is 15.9 Å². The Morgan fingerprint density at radius 1 is 0.966 bits per heavy atom. The van der Waals surface area contributed by atoms with Crippen molar-refractivity contribution in [3.8, 4) is 0 Å². The third-order valence-electron chi connectivity index (χ3n) is 4.14. The number of allylic oxidation sites excluding steroid dienone is 2. The summed E-state index contributed by atoms with van der Waals surface area (Å²) < 4.78 is 29.4. The van der Waals surface area contributed by atoms with Gasteiger partial charge in [-0.1, -0.05) is 53.5 Å². The number of ketones is 1. The van der Waals surface area contributed by atoms with Gasteiger partial charge in [0.15, 0.2) is 0 Å². The van der Waals surface area contributed by atoms with E-state index in [0.29, 0.717) is 26.9 Å². The molecule has 0 radical (unpaired) electrons. The molecule has 1 aliphatic rings. The first-order valence-corrected chi connectivity index (χ1v) is 11.4. The van der Waals surface area contributed by atoms with E-state index < -0.39 is 10.0 Å². The average Bonchev–Trinajstić information content (AvgIpc) is 3.24. The van der Waals surface area contributed by atoms with Crippen molar-refractivity contribution >= 4 is 61.7 Å². The van der Waals surface area contributed by atoms with Crippen LogP contribution in [0.15, 0.2) is 80.4 Å². The SMILES string of the molecule is O=C1C(Nc2cc(Cl)ccc2Cl)=C/C(=N/S(=O)(=O)c2cccs2)c2ccccc21. The Morgan fingerprint density at radius 3 is 2.45 bits per heavy atom. The third kappa shape index (κ3) is 4.00. The zero-order chi connectivity index (χ0) is 20.6. The van der Waals surface area contributed by atoms with E-state index in [4.69, 9.17) is 23.2 Å². The number of thiophene rings is 1. The van der Waals surface area contributed by atoms with E-state index in [0.717, 1.165) is 11.3 Å². The van der Waals surface area contributed by atoms with Gasteiger partial charge in [-0.15, -0.1) is 11.3 Å². The molecule has 29 heavy (non-hydrogen) atoms. The fraction of sp³-hybridized carbons (Fsp3) is 0. The molecule has 0 aliphatic heterocycles. The number of hydrogen-bond acceptors (Lipinski definition) is 5. The van der Waals surface area contributed by atoms with Gasteiger partial charge in [0.05, 0.1) is 22.1 Å². The Kier molecular flexibility index (Phi) is 5.31. The lowest BCUT2D eigenvalue weighted by Crippen LogP contribution is -2.22. The Bertz CT molecular complexity index is 1280. The molecule has 2 aromatic carbocycles. The topological polar surface area (TPSA) is 75.6 Å². The number of sulfonamides is 1. The van der Waals surface area contributed by atoms with Crippen LogP contribution in [0.4, 0.5) is 5.69 Å². The van der Waals surface area contributed by atoms with Crippen LogP contribution in [0.2, 0.25) is 10.0 Å². The standard InChI is InChI=1S/C20H12Cl2N2O3S2/c21-12-7-8-15(22)17(10-12)23-18-11-16(13-4-1-2-5-14(13)20(18)25)24-29(26,27)19-6-3-9-28-19/h1-11,23H/b24-16-. The number of Topliss-reactive ketones (excluding diaryl/α,β-unsaturated/α-hetero) is 1. The molecule has 4 rings (SSSR count). The lowest BCUT2D eigenvalue weighted by Gasteiger charge is -2.19. The van der Waals surface area contributed by atoms with Crippen LogP contribution in [0.3, 0.4) is 0 Å². The second-order valence-corrected chi connectivity index (χ2v) is 9.69. The number of carbonyl (C=O) groups excluding carboxylic acids is 1. The van der Waals surface area contributed by atoms with Gasteiger partial charge in [-0.3, -0.25) is 4.79 Å². The maximum atomic E-state index is 12.9. The highest BCUT2D eigenvalue weighted by Gasteiger charge is 2.26. The first kappa shape index (κ1) is 19.8. The normalized spacial score (nSPS) is 15.2. The van der Waals surface area contributed by atoms with Gasteiger partial charge >= 0.3 is 0 Å². The molecule has 1 heterocycles. The van der Waals surface area contributed by atoms with Crippen molar-refractivity contribution in [2.45, 2.75) is 4.21 Å². The van der Waals surface area contributed by atoms with E-state index >= 15 is 0 Å². The second-order valence-electron chi connectivity index (χ2n) is 6.07. The van der Waals surface area contributed by atoms with Crippen LogP contribution in [-0.2, 0) is 10.0 Å². The van der Waals surface area contributed by atoms with E-state index in [1.807, 2.05) is 0 Å². The van der Waals surface area contributed by atoms with Crippen molar-refractivity contribution in [2.75, 3.05) is 5.32 Å². The molecule has 0 atom stereocenters. The Balaban J connectivity index is 1.84. The van der Waals surface area contributed by atoms with Crippen molar-refractivity contribution in [1.29, 1.82) is 0 Å². The first-order valence-electron chi connectivity index (χ1n) is 8.31. The molecule has 1 N–H and O–H groups in total. The summed E-state index contributed by atoms with van der Waals surface area (Å²) in [6.45, 7) is 0. The third-order valence-corrected chi connectivity index (χ3v) is 7.37. The summed E-state index contributed by atoms with van der Waals surface area (Å²) in [5.41, 5.74) is 1.53. The van der Waals surface area contributed by atoms with E-state index in [-0.39, 0.29) is 21.4 Å². The molecule has 0 amide bonds. The molecule has 0 spiro atoms. The molecule has 0 saturated heterocycles. The average molecular weight is 463 g/mol. The number of hydrogen-bond donors (Lipinski definition) is 1. The number of benzene rings is 2. The highest BCUT2D eigenvalue weighted by Crippen LogP contribution is 2.30. The summed E-state index contributed by atoms with van der Waals surface area (Å²) >= 11 is 13.3. The summed E-state index contributed by atoms with van der Waals surface area (Å²) in [6, 6.07) is 14.6. The quantitative estimate of drug-likeness (QED) is 0.560. The van der Waals surface area contributed by atoms with Gasteiger partial charge in [0.1, 0.15) is 4.21 Å². The minimum absolute atomic E-state index is 0.125. The maximum Gasteiger partial charge on any atom is 0.292 e. The molecular formula is C20H12Cl2N2O3S2. The molecule has 1 aliphatic carbocycles. The molecule has 0 fully saturated rings. The molecule has 9 heteroatoms. The summed E-state index contributed by atoms with van der Waals surface area (Å²) in [4.78, 5) is 12.9. The highest BCUT2D eigenvalue weighted by molar-refractivity contribution is 7.92. The number of nitrogens with zero attached hydrogens (tertiary/aromatic N) is 1. The minimum atomic E-state index is -3.91. The minimum Gasteiger partial charge on any atom is -0.351 e. The number of carbonyl (C=O) groups is 1. The molecule has 0 saturated carbocycles. The highest BCUT2D eigenvalue weighted by atomic mass is 35.5. The summed E-state index contributed by atoms with van der Waals surface area (Å²) in [5.74, 6) is -0.302. The van der Waals surface area contributed by atoms with Crippen molar-refractivity contribution in [3.63, 3.8) is 0 Å².